The summed E-state index contributed by atoms with van der Waals surface area (Å²) in [5.41, 5.74) is -1.17. The molecule has 1 unspecified atom stereocenters. The van der Waals surface area contributed by atoms with Gasteiger partial charge in [-0.3, -0.25) is 24.3 Å². The summed E-state index contributed by atoms with van der Waals surface area (Å²) in [6, 6.07) is -0.667. The van der Waals surface area contributed by atoms with E-state index in [9.17, 15) is 24.5 Å². The number of rotatable bonds is 6. The smallest absolute Gasteiger partial charge is 0.344 e. The lowest BCUT2D eigenvalue weighted by Crippen LogP contribution is -2.45. The summed E-state index contributed by atoms with van der Waals surface area (Å²) in [6.07, 6.45) is 1.76. The molecule has 0 saturated heterocycles. The lowest BCUT2D eigenvalue weighted by atomic mass is 10.0. The SMILES string of the molecule is CC(=O)C(NC(=O)Cn1cc([N+](=O)[O-])cnc1=O)C(C)C. The Morgan fingerprint density at radius 1 is 1.48 bits per heavy atom. The Bertz CT molecular complexity index is 622. The molecule has 0 fully saturated rings. The van der Waals surface area contributed by atoms with Gasteiger partial charge >= 0.3 is 11.4 Å². The van der Waals surface area contributed by atoms with E-state index in [0.29, 0.717) is 0 Å². The van der Waals surface area contributed by atoms with Crippen molar-refractivity contribution in [1.29, 1.82) is 0 Å². The monoisotopic (exact) mass is 296 g/mol. The standard InChI is InChI=1S/C12H16N4O5/c1-7(2)11(8(3)17)14-10(18)6-15-5-9(16(20)21)4-13-12(15)19/h4-5,7,11H,6H2,1-3H3,(H,14,18). The van der Waals surface area contributed by atoms with Gasteiger partial charge in [-0.05, 0) is 12.8 Å². The highest BCUT2D eigenvalue weighted by molar-refractivity contribution is 5.87. The largest absolute Gasteiger partial charge is 0.348 e. The molecule has 0 aromatic carbocycles. The normalized spacial score (nSPS) is 12.0. The molecule has 0 bridgehead atoms. The molecule has 1 rings (SSSR count). The van der Waals surface area contributed by atoms with Gasteiger partial charge in [0.1, 0.15) is 12.7 Å². The van der Waals surface area contributed by atoms with Crippen molar-refractivity contribution in [3.05, 3.63) is 33.0 Å². The van der Waals surface area contributed by atoms with Gasteiger partial charge < -0.3 is 5.32 Å². The molecule has 1 heterocycles. The number of amides is 1. The Morgan fingerprint density at radius 3 is 2.57 bits per heavy atom. The highest BCUT2D eigenvalue weighted by Gasteiger charge is 2.21. The van der Waals surface area contributed by atoms with Crippen molar-refractivity contribution in [2.75, 3.05) is 0 Å². The third kappa shape index (κ3) is 4.48. The predicted octanol–water partition coefficient (Wildman–Crippen LogP) is -0.119. The fourth-order valence-electron chi connectivity index (χ4n) is 1.76. The van der Waals surface area contributed by atoms with Crippen LogP contribution in [-0.2, 0) is 16.1 Å². The van der Waals surface area contributed by atoms with Crippen LogP contribution in [0.2, 0.25) is 0 Å². The van der Waals surface area contributed by atoms with Crippen LogP contribution in [0.15, 0.2) is 17.2 Å². The van der Waals surface area contributed by atoms with E-state index >= 15 is 0 Å². The Hall–Kier alpha value is -2.58. The van der Waals surface area contributed by atoms with Crippen LogP contribution in [0, 0.1) is 16.0 Å². The third-order valence-corrected chi connectivity index (χ3v) is 2.79. The summed E-state index contributed by atoms with van der Waals surface area (Å²) in [5, 5.41) is 13.1. The van der Waals surface area contributed by atoms with Crippen molar-refractivity contribution in [2.24, 2.45) is 5.92 Å². The van der Waals surface area contributed by atoms with Gasteiger partial charge in [-0.1, -0.05) is 13.8 Å². The number of hydrogen-bond acceptors (Lipinski definition) is 6. The fraction of sp³-hybridized carbons (Fsp3) is 0.500. The van der Waals surface area contributed by atoms with E-state index in [4.69, 9.17) is 0 Å². The van der Waals surface area contributed by atoms with Crippen molar-refractivity contribution in [3.8, 4) is 0 Å². The Kier molecular flexibility index (Phi) is 5.28. The average molecular weight is 296 g/mol. The number of carbonyl (C=O) groups excluding carboxylic acids is 2. The van der Waals surface area contributed by atoms with E-state index in [-0.39, 0.29) is 11.7 Å². The first kappa shape index (κ1) is 16.5. The fourth-order valence-corrected chi connectivity index (χ4v) is 1.76. The summed E-state index contributed by atoms with van der Waals surface area (Å²) in [7, 11) is 0. The molecular formula is C12H16N4O5. The van der Waals surface area contributed by atoms with E-state index in [2.05, 4.69) is 10.3 Å². The van der Waals surface area contributed by atoms with Crippen molar-refractivity contribution < 1.29 is 14.5 Å². The third-order valence-electron chi connectivity index (χ3n) is 2.79. The van der Waals surface area contributed by atoms with Crippen molar-refractivity contribution in [3.63, 3.8) is 0 Å². The lowest BCUT2D eigenvalue weighted by molar-refractivity contribution is -0.385. The minimum absolute atomic E-state index is 0.105. The maximum Gasteiger partial charge on any atom is 0.348 e. The van der Waals surface area contributed by atoms with Crippen molar-refractivity contribution in [2.45, 2.75) is 33.4 Å². The van der Waals surface area contributed by atoms with E-state index in [0.717, 1.165) is 17.0 Å². The highest BCUT2D eigenvalue weighted by Crippen LogP contribution is 2.05. The van der Waals surface area contributed by atoms with Crippen LogP contribution in [0.4, 0.5) is 5.69 Å². The number of nitrogens with one attached hydrogen (secondary N) is 1. The second-order valence-electron chi connectivity index (χ2n) is 4.88. The first-order chi connectivity index (χ1) is 9.72. The Balaban J connectivity index is 2.88. The van der Waals surface area contributed by atoms with Crippen LogP contribution in [-0.4, -0.2) is 32.2 Å². The zero-order chi connectivity index (χ0) is 16.2. The van der Waals surface area contributed by atoms with Gasteiger partial charge in [0.25, 0.3) is 0 Å². The first-order valence-corrected chi connectivity index (χ1v) is 6.23. The zero-order valence-corrected chi connectivity index (χ0v) is 11.9. The second-order valence-corrected chi connectivity index (χ2v) is 4.88. The van der Waals surface area contributed by atoms with E-state index in [1.54, 1.807) is 13.8 Å². The van der Waals surface area contributed by atoms with Crippen molar-refractivity contribution in [1.82, 2.24) is 14.9 Å². The maximum absolute atomic E-state index is 11.8. The molecular weight excluding hydrogens is 280 g/mol. The number of aromatic nitrogens is 2. The number of hydrogen-bond donors (Lipinski definition) is 1. The first-order valence-electron chi connectivity index (χ1n) is 6.23. The van der Waals surface area contributed by atoms with Gasteiger partial charge in [0.15, 0.2) is 5.78 Å². The highest BCUT2D eigenvalue weighted by atomic mass is 16.6. The Labute approximate surface area is 120 Å². The summed E-state index contributed by atoms with van der Waals surface area (Å²) in [6.45, 7) is 4.46. The molecule has 0 aliphatic rings. The molecule has 0 aliphatic carbocycles. The summed E-state index contributed by atoms with van der Waals surface area (Å²) < 4.78 is 0.824. The number of ketones is 1. The molecule has 9 nitrogen and oxygen atoms in total. The van der Waals surface area contributed by atoms with Crippen molar-refractivity contribution >= 4 is 17.4 Å². The van der Waals surface area contributed by atoms with Gasteiger partial charge in [0.05, 0.1) is 17.2 Å². The lowest BCUT2D eigenvalue weighted by Gasteiger charge is -2.19. The van der Waals surface area contributed by atoms with Gasteiger partial charge in [-0.15, -0.1) is 0 Å². The van der Waals surface area contributed by atoms with Gasteiger partial charge in [0, 0.05) is 0 Å². The van der Waals surface area contributed by atoms with Crippen LogP contribution in [0.5, 0.6) is 0 Å². The van der Waals surface area contributed by atoms with E-state index in [1.165, 1.54) is 6.92 Å². The van der Waals surface area contributed by atoms with Gasteiger partial charge in [0.2, 0.25) is 5.91 Å². The number of Topliss-reactive ketones (excluding diaryl/α,β-unsaturated/α-hetero) is 1. The molecule has 0 spiro atoms. The van der Waals surface area contributed by atoms with Gasteiger partial charge in [-0.25, -0.2) is 4.79 Å². The minimum Gasteiger partial charge on any atom is -0.344 e. The average Bonchev–Trinajstić information content (AvgIpc) is 2.37. The summed E-state index contributed by atoms with van der Waals surface area (Å²) in [5.74, 6) is -0.900. The molecule has 1 aromatic rings. The molecule has 9 heteroatoms. The molecule has 1 atom stereocenters. The number of nitrogens with zero attached hydrogens (tertiary/aromatic N) is 3. The molecule has 0 radical (unpaired) electrons. The number of nitro groups is 1. The van der Waals surface area contributed by atoms with Crippen LogP contribution in [0.25, 0.3) is 0 Å². The molecule has 114 valence electrons. The van der Waals surface area contributed by atoms with Crippen LogP contribution in [0.1, 0.15) is 20.8 Å². The zero-order valence-electron chi connectivity index (χ0n) is 11.9. The van der Waals surface area contributed by atoms with Crippen LogP contribution >= 0.6 is 0 Å². The quantitative estimate of drug-likeness (QED) is 0.576. The maximum atomic E-state index is 11.8. The topological polar surface area (TPSA) is 124 Å². The van der Waals surface area contributed by atoms with E-state index in [1.807, 2.05) is 0 Å². The van der Waals surface area contributed by atoms with E-state index < -0.39 is 34.8 Å². The minimum atomic E-state index is -0.778. The van der Waals surface area contributed by atoms with Crippen LogP contribution in [0.3, 0.4) is 0 Å². The summed E-state index contributed by atoms with van der Waals surface area (Å²) >= 11 is 0. The molecule has 0 aliphatic heterocycles. The molecule has 1 amide bonds. The molecule has 1 aromatic heterocycles. The second kappa shape index (κ2) is 6.73. The Morgan fingerprint density at radius 2 is 2.10 bits per heavy atom. The molecule has 21 heavy (non-hydrogen) atoms. The summed E-state index contributed by atoms with van der Waals surface area (Å²) in [4.78, 5) is 47.9. The van der Waals surface area contributed by atoms with Crippen LogP contribution < -0.4 is 11.0 Å². The number of carbonyl (C=O) groups is 2. The molecule has 0 saturated carbocycles. The predicted molar refractivity (Wildman–Crippen MR) is 72.6 cm³/mol. The van der Waals surface area contributed by atoms with Gasteiger partial charge in [-0.2, -0.15) is 4.98 Å². The molecule has 1 N–H and O–H groups in total.